The van der Waals surface area contributed by atoms with Gasteiger partial charge in [0.05, 0.1) is 21.8 Å². The summed E-state index contributed by atoms with van der Waals surface area (Å²) in [4.78, 5) is 27.5. The Labute approximate surface area is 294 Å². The number of nitrogens with one attached hydrogen (secondary N) is 3. The van der Waals surface area contributed by atoms with Crippen LogP contribution in [-0.4, -0.2) is 24.9 Å². The van der Waals surface area contributed by atoms with Crippen LogP contribution in [-0.2, 0) is 0 Å². The molecule has 4 aromatic heterocycles. The fourth-order valence-electron chi connectivity index (χ4n) is 7.93. The van der Waals surface area contributed by atoms with Crippen LogP contribution in [0.25, 0.3) is 78.6 Å². The van der Waals surface area contributed by atoms with Crippen molar-refractivity contribution < 1.29 is 9.31 Å². The smallest absolute Gasteiger partial charge is 0.270 e. The molecule has 3 N–H and O–H groups in total. The number of H-pyrrole nitrogens is 3. The van der Waals surface area contributed by atoms with E-state index in [2.05, 4.69) is 92.9 Å². The minimum absolute atomic E-state index is 0.111. The van der Waals surface area contributed by atoms with E-state index in [1.807, 2.05) is 36.4 Å². The monoisotopic (exact) mass is 673 g/mol. The van der Waals surface area contributed by atoms with Gasteiger partial charge < -0.3 is 15.0 Å². The summed E-state index contributed by atoms with van der Waals surface area (Å²) < 4.78 is 16.0. The zero-order valence-electron chi connectivity index (χ0n) is 29.2. The topological polar surface area (TPSA) is 103 Å². The number of aryl methyl sites for hydroxylation is 6. The lowest BCUT2D eigenvalue weighted by Crippen LogP contribution is -1.94. The van der Waals surface area contributed by atoms with Crippen molar-refractivity contribution in [2.24, 2.45) is 0 Å². The van der Waals surface area contributed by atoms with Crippen LogP contribution in [0.4, 0.5) is 10.1 Å². The molecular formula is C43H36FN5O2. The van der Waals surface area contributed by atoms with Crippen molar-refractivity contribution in [1.82, 2.24) is 19.9 Å². The lowest BCUT2D eigenvalue weighted by molar-refractivity contribution is -0.384. The summed E-state index contributed by atoms with van der Waals surface area (Å²) in [6, 6.07) is 24.3. The molecule has 1 aliphatic rings. The summed E-state index contributed by atoms with van der Waals surface area (Å²) in [6.45, 7) is 12.6. The Bertz CT molecular complexity index is 2720. The van der Waals surface area contributed by atoms with Crippen LogP contribution in [0.1, 0.15) is 44.8 Å². The van der Waals surface area contributed by atoms with Crippen LogP contribution < -0.4 is 0 Å². The molecule has 8 heteroatoms. The van der Waals surface area contributed by atoms with E-state index >= 15 is 4.39 Å². The number of aromatic amines is 3. The van der Waals surface area contributed by atoms with E-state index in [4.69, 9.17) is 4.98 Å². The predicted molar refractivity (Wildman–Crippen MR) is 207 cm³/mol. The Kier molecular flexibility index (Phi) is 7.49. The van der Waals surface area contributed by atoms with E-state index in [1.165, 1.54) is 23.3 Å². The third-order valence-corrected chi connectivity index (χ3v) is 9.86. The highest BCUT2D eigenvalue weighted by Gasteiger charge is 2.20. The van der Waals surface area contributed by atoms with Gasteiger partial charge in [-0.25, -0.2) is 9.37 Å². The van der Waals surface area contributed by atoms with Gasteiger partial charge in [0.15, 0.2) is 0 Å². The number of benzene rings is 3. The predicted octanol–water partition coefficient (Wildman–Crippen LogP) is 11.6. The number of rotatable bonds is 4. The minimum Gasteiger partial charge on any atom is -0.354 e. The van der Waals surface area contributed by atoms with Gasteiger partial charge in [0, 0.05) is 62.0 Å². The highest BCUT2D eigenvalue weighted by atomic mass is 19.1. The Balaban J connectivity index is 1.60. The van der Waals surface area contributed by atoms with Gasteiger partial charge in [-0.05, 0) is 130 Å². The SMILES string of the molecule is Cc1cc(C)c(-c2c3nc(c4ccc([nH]4)c(-c4c(C)cc(C)cc4C)c4ccc([nH]4)c(-c4cc([N+](=O)[O-])ccc4F)c4ccc2[nH]4)C=C3)c(C)c1. The maximum atomic E-state index is 16.0. The average Bonchev–Trinajstić information content (AvgIpc) is 3.89. The van der Waals surface area contributed by atoms with Gasteiger partial charge in [0.25, 0.3) is 5.69 Å². The second-order valence-corrected chi connectivity index (χ2v) is 13.7. The zero-order chi connectivity index (χ0) is 35.7. The van der Waals surface area contributed by atoms with Crippen molar-refractivity contribution in [3.05, 3.63) is 140 Å². The summed E-state index contributed by atoms with van der Waals surface area (Å²) in [6.07, 6.45) is 4.07. The van der Waals surface area contributed by atoms with Gasteiger partial charge in [-0.15, -0.1) is 0 Å². The number of aromatic nitrogens is 4. The normalized spacial score (nSPS) is 11.9. The van der Waals surface area contributed by atoms with Gasteiger partial charge in [-0.2, -0.15) is 0 Å². The van der Waals surface area contributed by atoms with Crippen molar-refractivity contribution in [3.63, 3.8) is 0 Å². The van der Waals surface area contributed by atoms with E-state index in [0.717, 1.165) is 84.0 Å². The summed E-state index contributed by atoms with van der Waals surface area (Å²) in [5, 5.41) is 11.9. The number of nitrogens with zero attached hydrogens (tertiary/aromatic N) is 2. The van der Waals surface area contributed by atoms with E-state index in [0.29, 0.717) is 16.6 Å². The summed E-state index contributed by atoms with van der Waals surface area (Å²) >= 11 is 0. The molecule has 7 nitrogen and oxygen atoms in total. The highest BCUT2D eigenvalue weighted by molar-refractivity contribution is 6.01. The molecule has 51 heavy (non-hydrogen) atoms. The Morgan fingerprint density at radius 2 is 0.961 bits per heavy atom. The fourth-order valence-corrected chi connectivity index (χ4v) is 7.93. The molecule has 8 bridgehead atoms. The molecule has 0 saturated heterocycles. The molecular weight excluding hydrogens is 638 g/mol. The molecule has 0 atom stereocenters. The quantitative estimate of drug-likeness (QED) is 0.128. The molecule has 1 aliphatic heterocycles. The first-order valence-electron chi connectivity index (χ1n) is 16.9. The lowest BCUT2D eigenvalue weighted by Gasteiger charge is -2.13. The number of hydrogen-bond donors (Lipinski definition) is 3. The van der Waals surface area contributed by atoms with Crippen molar-refractivity contribution >= 4 is 50.9 Å². The van der Waals surface area contributed by atoms with E-state index < -0.39 is 10.7 Å². The van der Waals surface area contributed by atoms with Gasteiger partial charge >= 0.3 is 0 Å². The van der Waals surface area contributed by atoms with Gasteiger partial charge in [0.1, 0.15) is 5.82 Å². The third-order valence-electron chi connectivity index (χ3n) is 9.86. The Morgan fingerprint density at radius 3 is 1.49 bits per heavy atom. The molecule has 5 heterocycles. The molecule has 0 radical (unpaired) electrons. The first-order chi connectivity index (χ1) is 24.5. The lowest BCUT2D eigenvalue weighted by atomic mass is 9.92. The largest absolute Gasteiger partial charge is 0.354 e. The molecule has 0 aliphatic carbocycles. The number of halogens is 1. The van der Waals surface area contributed by atoms with Crippen LogP contribution in [0, 0.1) is 57.5 Å². The number of fused-ring (bicyclic) bond motifs is 9. The van der Waals surface area contributed by atoms with Crippen LogP contribution >= 0.6 is 0 Å². The molecule has 3 aromatic carbocycles. The fraction of sp³-hybridized carbons (Fsp3) is 0.140. The molecule has 7 aromatic rings. The molecule has 0 amide bonds. The molecule has 0 spiro atoms. The van der Waals surface area contributed by atoms with Gasteiger partial charge in [-0.1, -0.05) is 35.4 Å². The van der Waals surface area contributed by atoms with Gasteiger partial charge in [-0.3, -0.25) is 10.1 Å². The van der Waals surface area contributed by atoms with E-state index in [-0.39, 0.29) is 11.3 Å². The van der Waals surface area contributed by atoms with Gasteiger partial charge in [0.2, 0.25) is 0 Å². The van der Waals surface area contributed by atoms with Crippen molar-refractivity contribution in [1.29, 1.82) is 0 Å². The Morgan fingerprint density at radius 1 is 0.529 bits per heavy atom. The zero-order valence-corrected chi connectivity index (χ0v) is 29.2. The highest BCUT2D eigenvalue weighted by Crippen LogP contribution is 2.40. The number of nitro benzene ring substituents is 1. The van der Waals surface area contributed by atoms with Crippen LogP contribution in [0.15, 0.2) is 78.9 Å². The summed E-state index contributed by atoms with van der Waals surface area (Å²) in [5.74, 6) is -0.568. The minimum atomic E-state index is -0.568. The second-order valence-electron chi connectivity index (χ2n) is 13.7. The van der Waals surface area contributed by atoms with Crippen LogP contribution in [0.3, 0.4) is 0 Å². The maximum Gasteiger partial charge on any atom is 0.270 e. The standard InChI is InChI=1S/C43H36FN5O2/c1-22-17-24(3)39(25(4)18-22)42-35-11-9-31(45-35)32-10-12-36(46-32)43(40-26(5)19-23(2)20-27(40)6)38-16-14-34(48-38)41(33-13-15-37(42)47-33)29-21-28(49(50)51)7-8-30(29)44/h7-21,45,47-48H,1-6H3. The van der Waals surface area contributed by atoms with E-state index in [9.17, 15) is 10.1 Å². The first-order valence-corrected chi connectivity index (χ1v) is 16.9. The van der Waals surface area contributed by atoms with Crippen LogP contribution in [0.5, 0.6) is 0 Å². The maximum absolute atomic E-state index is 16.0. The van der Waals surface area contributed by atoms with Crippen molar-refractivity contribution in [3.8, 4) is 33.4 Å². The summed E-state index contributed by atoms with van der Waals surface area (Å²) in [5.41, 5.74) is 17.4. The van der Waals surface area contributed by atoms with Crippen molar-refractivity contribution in [2.75, 3.05) is 0 Å². The molecule has 0 fully saturated rings. The number of non-ortho nitro benzene ring substituents is 1. The molecule has 0 saturated carbocycles. The second kappa shape index (κ2) is 11.9. The summed E-state index contributed by atoms with van der Waals surface area (Å²) in [7, 11) is 0. The molecule has 252 valence electrons. The third kappa shape index (κ3) is 5.40. The van der Waals surface area contributed by atoms with E-state index in [1.54, 1.807) is 0 Å². The molecule has 0 unspecified atom stereocenters. The molecule has 8 rings (SSSR count). The first kappa shape index (κ1) is 32.0. The average molecular weight is 674 g/mol. The van der Waals surface area contributed by atoms with Crippen molar-refractivity contribution in [2.45, 2.75) is 41.5 Å². The Hall–Kier alpha value is -6.28. The van der Waals surface area contributed by atoms with Crippen LogP contribution in [0.2, 0.25) is 0 Å². The number of nitro groups is 1. The number of hydrogen-bond acceptors (Lipinski definition) is 3.